The fourth-order valence-corrected chi connectivity index (χ4v) is 2.03. The van der Waals surface area contributed by atoms with Gasteiger partial charge in [-0.25, -0.2) is 4.39 Å². The van der Waals surface area contributed by atoms with E-state index in [4.69, 9.17) is 4.52 Å². The minimum atomic E-state index is -0.203. The highest BCUT2D eigenvalue weighted by Crippen LogP contribution is 2.16. The van der Waals surface area contributed by atoms with Crippen LogP contribution < -0.4 is 10.6 Å². The first-order valence-corrected chi connectivity index (χ1v) is 7.15. The van der Waals surface area contributed by atoms with Gasteiger partial charge >= 0.3 is 0 Å². The molecule has 1 atom stereocenters. The van der Waals surface area contributed by atoms with E-state index in [1.807, 2.05) is 26.0 Å². The number of benzene rings is 1. The number of hydrogen-bond donors (Lipinski definition) is 2. The maximum Gasteiger partial charge on any atom is 0.191 e. The average Bonchev–Trinajstić information content (AvgIpc) is 2.91. The lowest BCUT2D eigenvalue weighted by Gasteiger charge is -2.18. The minimum Gasteiger partial charge on any atom is -0.359 e. The van der Waals surface area contributed by atoms with Crippen LogP contribution in [0.25, 0.3) is 0 Å². The number of aryl methyl sites for hydroxylation is 2. The zero-order valence-corrected chi connectivity index (χ0v) is 16.0. The summed E-state index contributed by atoms with van der Waals surface area (Å²) in [4.78, 5) is 4.15. The lowest BCUT2D eigenvalue weighted by molar-refractivity contribution is 0.376. The molecule has 0 bridgehead atoms. The molecule has 126 valence electrons. The van der Waals surface area contributed by atoms with Crippen LogP contribution in [-0.2, 0) is 6.54 Å². The quantitative estimate of drug-likeness (QED) is 0.441. The second kappa shape index (κ2) is 8.85. The van der Waals surface area contributed by atoms with Crippen LogP contribution in [0.15, 0.2) is 33.8 Å². The zero-order chi connectivity index (χ0) is 16.1. The normalized spacial score (nSPS) is 12.5. The molecule has 2 aromatic rings. The number of aromatic nitrogens is 1. The first-order chi connectivity index (χ1) is 10.5. The van der Waals surface area contributed by atoms with Crippen molar-refractivity contribution < 1.29 is 8.91 Å². The van der Waals surface area contributed by atoms with Crippen LogP contribution >= 0.6 is 24.0 Å². The van der Waals surface area contributed by atoms with Crippen LogP contribution in [0.2, 0.25) is 0 Å². The van der Waals surface area contributed by atoms with Gasteiger partial charge in [0.25, 0.3) is 0 Å². The maximum absolute atomic E-state index is 13.6. The minimum absolute atomic E-state index is 0. The van der Waals surface area contributed by atoms with Gasteiger partial charge in [0.15, 0.2) is 11.7 Å². The number of halogens is 2. The van der Waals surface area contributed by atoms with Gasteiger partial charge in [0.1, 0.15) is 5.82 Å². The fraction of sp³-hybridized carbons (Fsp3) is 0.375. The molecule has 1 heterocycles. The Bertz CT molecular complexity index is 672. The predicted molar refractivity (Wildman–Crippen MR) is 99.5 cm³/mol. The van der Waals surface area contributed by atoms with Crippen molar-refractivity contribution in [3.63, 3.8) is 0 Å². The molecule has 0 aliphatic rings. The highest BCUT2D eigenvalue weighted by molar-refractivity contribution is 14.0. The van der Waals surface area contributed by atoms with Gasteiger partial charge < -0.3 is 15.2 Å². The number of nitrogens with one attached hydrogen (secondary N) is 2. The van der Waals surface area contributed by atoms with Gasteiger partial charge in [-0.3, -0.25) is 4.99 Å². The lowest BCUT2D eigenvalue weighted by Crippen LogP contribution is -2.38. The maximum atomic E-state index is 13.6. The van der Waals surface area contributed by atoms with Gasteiger partial charge in [-0.1, -0.05) is 17.3 Å². The van der Waals surface area contributed by atoms with E-state index in [2.05, 4.69) is 20.8 Å². The second-order valence-corrected chi connectivity index (χ2v) is 5.24. The summed E-state index contributed by atoms with van der Waals surface area (Å²) in [5.74, 6) is 1.14. The molecule has 1 aromatic carbocycles. The highest BCUT2D eigenvalue weighted by atomic mass is 127. The van der Waals surface area contributed by atoms with Crippen molar-refractivity contribution >= 4 is 29.9 Å². The third kappa shape index (κ3) is 5.49. The molecule has 0 saturated carbocycles. The topological polar surface area (TPSA) is 62.5 Å². The van der Waals surface area contributed by atoms with Crippen LogP contribution in [0.5, 0.6) is 0 Å². The number of rotatable bonds is 4. The lowest BCUT2D eigenvalue weighted by atomic mass is 10.1. The van der Waals surface area contributed by atoms with Gasteiger partial charge in [0, 0.05) is 13.1 Å². The Morgan fingerprint density at radius 1 is 1.35 bits per heavy atom. The van der Waals surface area contributed by atoms with Crippen LogP contribution in [0.4, 0.5) is 4.39 Å². The summed E-state index contributed by atoms with van der Waals surface area (Å²) >= 11 is 0. The van der Waals surface area contributed by atoms with Crippen molar-refractivity contribution in [2.75, 3.05) is 7.05 Å². The predicted octanol–water partition coefficient (Wildman–Crippen LogP) is 3.47. The number of hydrogen-bond acceptors (Lipinski definition) is 3. The Morgan fingerprint density at radius 3 is 2.65 bits per heavy atom. The standard InChI is InChI=1S/C16H21FN4O.HI/c1-10-5-6-13(8-15(10)17)12(3)20-16(18-4)19-9-14-7-11(2)21-22-14;/h5-8,12H,9H2,1-4H3,(H2,18,19,20);1H. The summed E-state index contributed by atoms with van der Waals surface area (Å²) in [6.07, 6.45) is 0. The SMILES string of the molecule is CN=C(NCc1cc(C)no1)NC(C)c1ccc(C)c(F)c1.I. The zero-order valence-electron chi connectivity index (χ0n) is 13.7. The molecular weight excluding hydrogens is 410 g/mol. The van der Waals surface area contributed by atoms with E-state index in [1.165, 1.54) is 0 Å². The number of guanidine groups is 1. The van der Waals surface area contributed by atoms with E-state index in [0.29, 0.717) is 18.1 Å². The largest absolute Gasteiger partial charge is 0.359 e. The molecule has 0 spiro atoms. The Morgan fingerprint density at radius 2 is 2.09 bits per heavy atom. The molecular formula is C16H22FIN4O. The van der Waals surface area contributed by atoms with Crippen molar-refractivity contribution in [2.24, 2.45) is 4.99 Å². The van der Waals surface area contributed by atoms with Gasteiger partial charge in [0.05, 0.1) is 18.3 Å². The highest BCUT2D eigenvalue weighted by Gasteiger charge is 2.10. The van der Waals surface area contributed by atoms with Crippen LogP contribution in [-0.4, -0.2) is 18.2 Å². The first-order valence-electron chi connectivity index (χ1n) is 7.15. The van der Waals surface area contributed by atoms with Crippen molar-refractivity contribution in [3.8, 4) is 0 Å². The summed E-state index contributed by atoms with van der Waals surface area (Å²) in [5.41, 5.74) is 2.34. The van der Waals surface area contributed by atoms with E-state index >= 15 is 0 Å². The van der Waals surface area contributed by atoms with Gasteiger partial charge in [-0.15, -0.1) is 24.0 Å². The molecule has 0 fully saturated rings. The summed E-state index contributed by atoms with van der Waals surface area (Å²) in [7, 11) is 1.68. The number of aliphatic imine (C=N–C) groups is 1. The summed E-state index contributed by atoms with van der Waals surface area (Å²) in [5, 5.41) is 10.2. The van der Waals surface area contributed by atoms with Crippen LogP contribution in [0.1, 0.15) is 35.5 Å². The van der Waals surface area contributed by atoms with Crippen molar-refractivity contribution in [1.29, 1.82) is 0 Å². The molecule has 23 heavy (non-hydrogen) atoms. The first kappa shape index (κ1) is 19.4. The van der Waals surface area contributed by atoms with Crippen LogP contribution in [0, 0.1) is 19.7 Å². The van der Waals surface area contributed by atoms with Gasteiger partial charge in [-0.2, -0.15) is 0 Å². The van der Waals surface area contributed by atoms with Crippen LogP contribution in [0.3, 0.4) is 0 Å². The van der Waals surface area contributed by atoms with Gasteiger partial charge in [-0.05, 0) is 38.0 Å². The van der Waals surface area contributed by atoms with E-state index < -0.39 is 0 Å². The summed E-state index contributed by atoms with van der Waals surface area (Å²) in [6, 6.07) is 7.01. The van der Waals surface area contributed by atoms with E-state index in [-0.39, 0.29) is 35.8 Å². The monoisotopic (exact) mass is 432 g/mol. The Balaban J connectivity index is 0.00000264. The molecule has 0 saturated heterocycles. The molecule has 1 unspecified atom stereocenters. The Kier molecular flexibility index (Phi) is 7.47. The van der Waals surface area contributed by atoms with Crippen molar-refractivity contribution in [1.82, 2.24) is 15.8 Å². The third-order valence-corrected chi connectivity index (χ3v) is 3.38. The smallest absolute Gasteiger partial charge is 0.191 e. The molecule has 0 aliphatic carbocycles. The molecule has 2 N–H and O–H groups in total. The molecule has 7 heteroatoms. The average molecular weight is 432 g/mol. The molecule has 0 amide bonds. The molecule has 0 aliphatic heterocycles. The fourth-order valence-electron chi connectivity index (χ4n) is 2.03. The second-order valence-electron chi connectivity index (χ2n) is 5.24. The summed E-state index contributed by atoms with van der Waals surface area (Å²) in [6.45, 7) is 6.05. The van der Waals surface area contributed by atoms with Gasteiger partial charge in [0.2, 0.25) is 0 Å². The van der Waals surface area contributed by atoms with E-state index in [0.717, 1.165) is 17.0 Å². The molecule has 5 nitrogen and oxygen atoms in total. The Labute approximate surface area is 152 Å². The molecule has 0 radical (unpaired) electrons. The molecule has 1 aromatic heterocycles. The third-order valence-electron chi connectivity index (χ3n) is 3.38. The Hall–Kier alpha value is -1.64. The van der Waals surface area contributed by atoms with E-state index in [1.54, 1.807) is 26.1 Å². The van der Waals surface area contributed by atoms with Crippen molar-refractivity contribution in [3.05, 3.63) is 52.7 Å². The summed E-state index contributed by atoms with van der Waals surface area (Å²) < 4.78 is 18.8. The van der Waals surface area contributed by atoms with Crippen molar-refractivity contribution in [2.45, 2.75) is 33.4 Å². The molecule has 2 rings (SSSR count). The van der Waals surface area contributed by atoms with E-state index in [9.17, 15) is 4.39 Å². The number of nitrogens with zero attached hydrogens (tertiary/aromatic N) is 2.